The predicted octanol–water partition coefficient (Wildman–Crippen LogP) is 4.23. The van der Waals surface area contributed by atoms with Gasteiger partial charge in [-0.25, -0.2) is 0 Å². The van der Waals surface area contributed by atoms with Gasteiger partial charge >= 0.3 is 0 Å². The second-order valence-electron chi connectivity index (χ2n) is 3.78. The molecule has 0 spiro atoms. The number of aromatic nitrogens is 1. The molecule has 2 nitrogen and oxygen atoms in total. The molecule has 3 heteroatoms. The van der Waals surface area contributed by atoms with E-state index in [4.69, 9.17) is 4.52 Å². The topological polar surface area (TPSA) is 26.0 Å². The van der Waals surface area contributed by atoms with Crippen molar-refractivity contribution in [3.05, 3.63) is 40.6 Å². The largest absolute Gasteiger partial charge is 0.361 e. The normalized spacial score (nSPS) is 10.9. The van der Waals surface area contributed by atoms with Gasteiger partial charge in [-0.05, 0) is 12.1 Å². The van der Waals surface area contributed by atoms with Crippen LogP contribution in [0.1, 0.15) is 25.5 Å². The van der Waals surface area contributed by atoms with Crippen LogP contribution in [0.2, 0.25) is 0 Å². The van der Waals surface area contributed by atoms with E-state index in [1.807, 2.05) is 30.3 Å². The quantitative estimate of drug-likeness (QED) is 0.813. The Labute approximate surface area is 97.4 Å². The summed E-state index contributed by atoms with van der Waals surface area (Å²) in [7, 11) is 0. The molecule has 15 heavy (non-hydrogen) atoms. The second kappa shape index (κ2) is 4.19. The zero-order chi connectivity index (χ0) is 10.8. The molecule has 0 amide bonds. The highest BCUT2D eigenvalue weighted by molar-refractivity contribution is 9.10. The fourth-order valence-electron chi connectivity index (χ4n) is 1.32. The lowest BCUT2D eigenvalue weighted by atomic mass is 10.1. The Balaban J connectivity index is 2.33. The Morgan fingerprint density at radius 2 is 1.87 bits per heavy atom. The summed E-state index contributed by atoms with van der Waals surface area (Å²) >= 11 is 3.40. The molecule has 0 aliphatic heterocycles. The second-order valence-corrected chi connectivity index (χ2v) is 4.69. The van der Waals surface area contributed by atoms with Crippen LogP contribution in [0.5, 0.6) is 0 Å². The van der Waals surface area contributed by atoms with Crippen LogP contribution in [0.15, 0.2) is 39.3 Å². The highest BCUT2D eigenvalue weighted by Crippen LogP contribution is 2.24. The average molecular weight is 266 g/mol. The third-order valence-electron chi connectivity index (χ3n) is 2.24. The van der Waals surface area contributed by atoms with Crippen LogP contribution >= 0.6 is 15.9 Å². The zero-order valence-electron chi connectivity index (χ0n) is 8.70. The van der Waals surface area contributed by atoms with Gasteiger partial charge in [0, 0.05) is 22.0 Å². The molecule has 0 bridgehead atoms. The molecule has 0 N–H and O–H groups in total. The Kier molecular flexibility index (Phi) is 2.91. The van der Waals surface area contributed by atoms with Crippen molar-refractivity contribution in [2.24, 2.45) is 0 Å². The van der Waals surface area contributed by atoms with E-state index in [2.05, 4.69) is 34.9 Å². The number of nitrogens with zero attached hydrogens (tertiary/aromatic N) is 1. The van der Waals surface area contributed by atoms with Crippen molar-refractivity contribution < 1.29 is 4.52 Å². The lowest BCUT2D eigenvalue weighted by Crippen LogP contribution is -1.80. The molecule has 2 rings (SSSR count). The monoisotopic (exact) mass is 265 g/mol. The van der Waals surface area contributed by atoms with E-state index in [1.165, 1.54) is 0 Å². The van der Waals surface area contributed by atoms with Gasteiger partial charge in [-0.1, -0.05) is 47.1 Å². The van der Waals surface area contributed by atoms with Gasteiger partial charge in [0.2, 0.25) is 0 Å². The lowest BCUT2D eigenvalue weighted by molar-refractivity contribution is 0.373. The molecule has 2 aromatic rings. The maximum absolute atomic E-state index is 5.25. The van der Waals surface area contributed by atoms with Crippen molar-refractivity contribution in [2.75, 3.05) is 0 Å². The Bertz CT molecular complexity index is 445. The first-order valence-electron chi connectivity index (χ1n) is 4.89. The number of hydrogen-bond acceptors (Lipinski definition) is 2. The highest BCUT2D eigenvalue weighted by atomic mass is 79.9. The van der Waals surface area contributed by atoms with Gasteiger partial charge in [0.1, 0.15) is 11.5 Å². The molecule has 0 aliphatic carbocycles. The van der Waals surface area contributed by atoms with E-state index in [-0.39, 0.29) is 0 Å². The van der Waals surface area contributed by atoms with Crippen LogP contribution in [0.25, 0.3) is 11.3 Å². The summed E-state index contributed by atoms with van der Waals surface area (Å²) in [6, 6.07) is 10.0. The van der Waals surface area contributed by atoms with Crippen molar-refractivity contribution in [3.63, 3.8) is 0 Å². The molecule has 1 aromatic carbocycles. The van der Waals surface area contributed by atoms with Crippen LogP contribution in [0, 0.1) is 0 Å². The average Bonchev–Trinajstić information content (AvgIpc) is 2.68. The van der Waals surface area contributed by atoms with Crippen molar-refractivity contribution >= 4 is 15.9 Å². The summed E-state index contributed by atoms with van der Waals surface area (Å²) < 4.78 is 6.32. The smallest absolute Gasteiger partial charge is 0.139 e. The summed E-state index contributed by atoms with van der Waals surface area (Å²) in [4.78, 5) is 0. The summed E-state index contributed by atoms with van der Waals surface area (Å²) in [5.74, 6) is 1.30. The van der Waals surface area contributed by atoms with Gasteiger partial charge in [-0.15, -0.1) is 0 Å². The maximum Gasteiger partial charge on any atom is 0.139 e. The molecule has 1 aromatic heterocycles. The molecule has 0 radical (unpaired) electrons. The van der Waals surface area contributed by atoms with Crippen molar-refractivity contribution in [3.8, 4) is 11.3 Å². The van der Waals surface area contributed by atoms with Gasteiger partial charge in [-0.3, -0.25) is 0 Å². The molecule has 0 unspecified atom stereocenters. The molecule has 0 fully saturated rings. The minimum Gasteiger partial charge on any atom is -0.361 e. The molecule has 0 saturated carbocycles. The first kappa shape index (κ1) is 10.4. The molecule has 0 saturated heterocycles. The van der Waals surface area contributed by atoms with Crippen molar-refractivity contribution in [2.45, 2.75) is 19.8 Å². The van der Waals surface area contributed by atoms with E-state index in [0.717, 1.165) is 21.5 Å². The van der Waals surface area contributed by atoms with E-state index in [9.17, 15) is 0 Å². The van der Waals surface area contributed by atoms with Gasteiger partial charge in [0.15, 0.2) is 0 Å². The summed E-state index contributed by atoms with van der Waals surface area (Å²) in [6.07, 6.45) is 0. The Hall–Kier alpha value is -1.09. The van der Waals surface area contributed by atoms with Crippen molar-refractivity contribution in [1.82, 2.24) is 5.16 Å². The molecule has 1 heterocycles. The molecule has 78 valence electrons. The Morgan fingerprint density at radius 1 is 1.20 bits per heavy atom. The van der Waals surface area contributed by atoms with Gasteiger partial charge < -0.3 is 4.52 Å². The lowest BCUT2D eigenvalue weighted by Gasteiger charge is -1.95. The number of benzene rings is 1. The number of halogens is 1. The number of hydrogen-bond donors (Lipinski definition) is 0. The van der Waals surface area contributed by atoms with Crippen LogP contribution < -0.4 is 0 Å². The summed E-state index contributed by atoms with van der Waals surface area (Å²) in [5, 5.41) is 4.05. The minimum atomic E-state index is 0.377. The first-order valence-corrected chi connectivity index (χ1v) is 5.68. The van der Waals surface area contributed by atoms with Crippen LogP contribution in [-0.4, -0.2) is 5.16 Å². The predicted molar refractivity (Wildman–Crippen MR) is 63.7 cm³/mol. The van der Waals surface area contributed by atoms with Crippen LogP contribution in [-0.2, 0) is 0 Å². The van der Waals surface area contributed by atoms with E-state index >= 15 is 0 Å². The molecule has 0 aliphatic rings. The molecular weight excluding hydrogens is 254 g/mol. The van der Waals surface area contributed by atoms with E-state index < -0.39 is 0 Å². The highest BCUT2D eigenvalue weighted by Gasteiger charge is 2.08. The maximum atomic E-state index is 5.25. The van der Waals surface area contributed by atoms with Gasteiger partial charge in [0.05, 0.1) is 0 Å². The number of rotatable bonds is 2. The Morgan fingerprint density at radius 3 is 2.40 bits per heavy atom. The summed E-state index contributed by atoms with van der Waals surface area (Å²) in [6.45, 7) is 4.18. The van der Waals surface area contributed by atoms with Crippen LogP contribution in [0.3, 0.4) is 0 Å². The SMILES string of the molecule is CC(C)c1cc(-c2ccc(Br)cc2)no1. The van der Waals surface area contributed by atoms with Crippen LogP contribution in [0.4, 0.5) is 0 Å². The third-order valence-corrected chi connectivity index (χ3v) is 2.77. The molecular formula is C12H12BrNO. The fourth-order valence-corrected chi connectivity index (χ4v) is 1.58. The third kappa shape index (κ3) is 2.29. The van der Waals surface area contributed by atoms with Crippen molar-refractivity contribution in [1.29, 1.82) is 0 Å². The van der Waals surface area contributed by atoms with Gasteiger partial charge in [0.25, 0.3) is 0 Å². The minimum absolute atomic E-state index is 0.377. The standard InChI is InChI=1S/C12H12BrNO/c1-8(2)12-7-11(14-15-12)9-3-5-10(13)6-4-9/h3-8H,1-2H3. The van der Waals surface area contributed by atoms with E-state index in [0.29, 0.717) is 5.92 Å². The molecule has 0 atom stereocenters. The van der Waals surface area contributed by atoms with E-state index in [1.54, 1.807) is 0 Å². The fraction of sp³-hybridized carbons (Fsp3) is 0.250. The van der Waals surface area contributed by atoms with Gasteiger partial charge in [-0.2, -0.15) is 0 Å². The first-order chi connectivity index (χ1) is 7.16. The summed E-state index contributed by atoms with van der Waals surface area (Å²) in [5.41, 5.74) is 1.97. The zero-order valence-corrected chi connectivity index (χ0v) is 10.3.